The highest BCUT2D eigenvalue weighted by atomic mass is 16.5. The molecule has 1 amide bonds. The van der Waals surface area contributed by atoms with Gasteiger partial charge in [-0.05, 0) is 31.9 Å². The fraction of sp³-hybridized carbons (Fsp3) is 0.524. The Morgan fingerprint density at radius 1 is 1.21 bits per heavy atom. The van der Waals surface area contributed by atoms with Crippen LogP contribution in [-0.2, 0) is 20.7 Å². The third-order valence-electron chi connectivity index (χ3n) is 5.26. The van der Waals surface area contributed by atoms with Gasteiger partial charge in [0.05, 0.1) is 17.3 Å². The minimum atomic E-state index is -0.469. The van der Waals surface area contributed by atoms with Gasteiger partial charge in [0.15, 0.2) is 6.61 Å². The zero-order valence-corrected chi connectivity index (χ0v) is 16.3. The quantitative estimate of drug-likeness (QED) is 0.740. The Hall–Kier alpha value is -2.70. The number of esters is 1. The average molecular weight is 385 g/mol. The molecule has 7 nitrogen and oxygen atoms in total. The Morgan fingerprint density at radius 3 is 2.71 bits per heavy atom. The van der Waals surface area contributed by atoms with E-state index in [1.165, 1.54) is 6.42 Å². The third-order valence-corrected chi connectivity index (χ3v) is 5.26. The number of rotatable bonds is 7. The van der Waals surface area contributed by atoms with E-state index < -0.39 is 5.97 Å². The largest absolute Gasteiger partial charge is 0.456 e. The van der Waals surface area contributed by atoms with Crippen LogP contribution in [0.1, 0.15) is 51.3 Å². The van der Waals surface area contributed by atoms with Crippen molar-refractivity contribution in [2.45, 2.75) is 57.9 Å². The Labute approximate surface area is 164 Å². The van der Waals surface area contributed by atoms with Crippen LogP contribution in [0.25, 0.3) is 10.9 Å². The van der Waals surface area contributed by atoms with Gasteiger partial charge in [0, 0.05) is 19.0 Å². The lowest BCUT2D eigenvalue weighted by molar-refractivity contribution is -0.153. The lowest BCUT2D eigenvalue weighted by Crippen LogP contribution is -2.43. The second-order valence-electron chi connectivity index (χ2n) is 7.16. The number of carbonyl (C=O) groups is 2. The van der Waals surface area contributed by atoms with Crippen molar-refractivity contribution in [2.75, 3.05) is 13.2 Å². The van der Waals surface area contributed by atoms with Gasteiger partial charge < -0.3 is 14.6 Å². The molecule has 0 saturated heterocycles. The van der Waals surface area contributed by atoms with Gasteiger partial charge in [-0.25, -0.2) is 4.98 Å². The van der Waals surface area contributed by atoms with Gasteiger partial charge in [0.2, 0.25) is 0 Å². The summed E-state index contributed by atoms with van der Waals surface area (Å²) in [5, 5.41) is 0.516. The number of para-hydroxylation sites is 1. The van der Waals surface area contributed by atoms with Gasteiger partial charge >= 0.3 is 5.97 Å². The summed E-state index contributed by atoms with van der Waals surface area (Å²) >= 11 is 0. The molecule has 0 radical (unpaired) electrons. The fourth-order valence-electron chi connectivity index (χ4n) is 3.80. The van der Waals surface area contributed by atoms with E-state index in [1.807, 2.05) is 17.9 Å². The van der Waals surface area contributed by atoms with Crippen LogP contribution in [0, 0.1) is 0 Å². The summed E-state index contributed by atoms with van der Waals surface area (Å²) in [5.74, 6) is -0.173. The number of carbonyl (C=O) groups excluding carboxylic acids is 2. The first kappa shape index (κ1) is 20.0. The van der Waals surface area contributed by atoms with Crippen LogP contribution in [0.2, 0.25) is 0 Å². The van der Waals surface area contributed by atoms with Crippen molar-refractivity contribution in [1.29, 1.82) is 0 Å². The molecular formula is C21H27N3O4. The molecule has 150 valence electrons. The maximum Gasteiger partial charge on any atom is 0.306 e. The van der Waals surface area contributed by atoms with Crippen LogP contribution in [0.5, 0.6) is 0 Å². The van der Waals surface area contributed by atoms with E-state index in [1.54, 1.807) is 18.2 Å². The second kappa shape index (κ2) is 9.48. The lowest BCUT2D eigenvalue weighted by atomic mass is 9.94. The molecule has 1 fully saturated rings. The standard InChI is InChI=1S/C21H27N3O4/c1-2-24(15-8-4-3-5-9-15)19(25)14-28-20(26)13-12-18-22-17-11-7-6-10-16(17)21(27)23-18/h6-7,10-11,15H,2-5,8-9,12-14H2,1H3,(H,22,23,27). The monoisotopic (exact) mass is 385 g/mol. The van der Waals surface area contributed by atoms with Gasteiger partial charge in [-0.3, -0.25) is 14.4 Å². The van der Waals surface area contributed by atoms with Crippen molar-refractivity contribution in [2.24, 2.45) is 0 Å². The second-order valence-corrected chi connectivity index (χ2v) is 7.16. The Bertz CT molecular complexity index is 887. The van der Waals surface area contributed by atoms with E-state index in [0.717, 1.165) is 25.7 Å². The molecule has 1 heterocycles. The molecule has 7 heteroatoms. The van der Waals surface area contributed by atoms with Crippen molar-refractivity contribution < 1.29 is 14.3 Å². The number of amides is 1. The predicted molar refractivity (Wildman–Crippen MR) is 106 cm³/mol. The van der Waals surface area contributed by atoms with Crippen LogP contribution >= 0.6 is 0 Å². The maximum absolute atomic E-state index is 12.4. The highest BCUT2D eigenvalue weighted by Gasteiger charge is 2.24. The van der Waals surface area contributed by atoms with E-state index in [2.05, 4.69) is 9.97 Å². The minimum absolute atomic E-state index is 0.0596. The third kappa shape index (κ3) is 4.97. The normalized spacial score (nSPS) is 14.8. The molecule has 0 aliphatic heterocycles. The van der Waals surface area contributed by atoms with Crippen LogP contribution in [-0.4, -0.2) is 45.9 Å². The highest BCUT2D eigenvalue weighted by molar-refractivity contribution is 5.81. The number of benzene rings is 1. The van der Waals surface area contributed by atoms with E-state index >= 15 is 0 Å². The summed E-state index contributed by atoms with van der Waals surface area (Å²) in [6.45, 7) is 2.35. The smallest absolute Gasteiger partial charge is 0.306 e. The predicted octanol–water partition coefficient (Wildman–Crippen LogP) is 2.58. The Balaban J connectivity index is 1.50. The van der Waals surface area contributed by atoms with Gasteiger partial charge in [-0.2, -0.15) is 0 Å². The van der Waals surface area contributed by atoms with Crippen molar-refractivity contribution in [3.8, 4) is 0 Å². The number of likely N-dealkylation sites (N-methyl/N-ethyl adjacent to an activating group) is 1. The molecule has 1 aliphatic carbocycles. The van der Waals surface area contributed by atoms with Crippen molar-refractivity contribution >= 4 is 22.8 Å². The first-order valence-corrected chi connectivity index (χ1v) is 10.0. The molecule has 1 aliphatic rings. The van der Waals surface area contributed by atoms with Crippen molar-refractivity contribution in [3.63, 3.8) is 0 Å². The molecule has 28 heavy (non-hydrogen) atoms. The van der Waals surface area contributed by atoms with Gasteiger partial charge in [-0.15, -0.1) is 0 Å². The van der Waals surface area contributed by atoms with Crippen LogP contribution in [0.3, 0.4) is 0 Å². The number of nitrogens with one attached hydrogen (secondary N) is 1. The van der Waals surface area contributed by atoms with Crippen LogP contribution in [0.15, 0.2) is 29.1 Å². The first-order chi connectivity index (χ1) is 13.6. The molecule has 1 N–H and O–H groups in total. The topological polar surface area (TPSA) is 92.4 Å². The number of aryl methyl sites for hydroxylation is 1. The number of fused-ring (bicyclic) bond motifs is 1. The number of nitrogens with zero attached hydrogens (tertiary/aromatic N) is 2. The molecule has 0 spiro atoms. The summed E-state index contributed by atoms with van der Waals surface area (Å²) in [6.07, 6.45) is 5.87. The van der Waals surface area contributed by atoms with Crippen molar-refractivity contribution in [1.82, 2.24) is 14.9 Å². The fourth-order valence-corrected chi connectivity index (χ4v) is 3.80. The number of H-pyrrole nitrogens is 1. The summed E-state index contributed by atoms with van der Waals surface area (Å²) in [7, 11) is 0. The number of ether oxygens (including phenoxy) is 1. The molecular weight excluding hydrogens is 358 g/mol. The molecule has 0 atom stereocenters. The average Bonchev–Trinajstić information content (AvgIpc) is 2.72. The van der Waals surface area contributed by atoms with Crippen LogP contribution < -0.4 is 5.56 Å². The molecule has 0 unspecified atom stereocenters. The SMILES string of the molecule is CCN(C(=O)COC(=O)CCc1nc2ccccc2c(=O)[nH]1)C1CCCCC1. The summed E-state index contributed by atoms with van der Waals surface area (Å²) < 4.78 is 5.17. The van der Waals surface area contributed by atoms with E-state index in [9.17, 15) is 14.4 Å². The summed E-state index contributed by atoms with van der Waals surface area (Å²) in [4.78, 5) is 45.4. The molecule has 1 aromatic carbocycles. The zero-order chi connectivity index (χ0) is 19.9. The molecule has 1 aromatic heterocycles. The number of hydrogen-bond acceptors (Lipinski definition) is 5. The van der Waals surface area contributed by atoms with Gasteiger partial charge in [0.25, 0.3) is 11.5 Å². The maximum atomic E-state index is 12.4. The van der Waals surface area contributed by atoms with E-state index in [-0.39, 0.29) is 37.0 Å². The van der Waals surface area contributed by atoms with Crippen molar-refractivity contribution in [3.05, 3.63) is 40.4 Å². The number of aromatic amines is 1. The molecule has 0 bridgehead atoms. The lowest BCUT2D eigenvalue weighted by Gasteiger charge is -2.33. The molecule has 1 saturated carbocycles. The molecule has 3 rings (SSSR count). The Morgan fingerprint density at radius 2 is 1.96 bits per heavy atom. The minimum Gasteiger partial charge on any atom is -0.456 e. The summed E-state index contributed by atoms with van der Waals surface area (Å²) in [5.41, 5.74) is 0.367. The van der Waals surface area contributed by atoms with Gasteiger partial charge in [-0.1, -0.05) is 31.4 Å². The number of hydrogen-bond donors (Lipinski definition) is 1. The van der Waals surface area contributed by atoms with Crippen LogP contribution in [0.4, 0.5) is 0 Å². The summed E-state index contributed by atoms with van der Waals surface area (Å²) in [6, 6.07) is 7.31. The molecule has 2 aromatic rings. The zero-order valence-electron chi connectivity index (χ0n) is 16.3. The van der Waals surface area contributed by atoms with Gasteiger partial charge in [0.1, 0.15) is 5.82 Å². The highest BCUT2D eigenvalue weighted by Crippen LogP contribution is 2.22. The number of aromatic nitrogens is 2. The van der Waals surface area contributed by atoms with E-state index in [4.69, 9.17) is 4.74 Å². The first-order valence-electron chi connectivity index (χ1n) is 10.0. The van der Waals surface area contributed by atoms with E-state index in [0.29, 0.717) is 23.3 Å². The Kier molecular flexibility index (Phi) is 6.79.